The largest absolute Gasteiger partial charge is 0.330 e. The Morgan fingerprint density at radius 2 is 1.76 bits per heavy atom. The molecule has 0 aromatic heterocycles. The molecule has 2 heteroatoms. The second-order valence-corrected chi connectivity index (χ2v) is 5.67. The monoisotopic (exact) mass is 234 g/mol. The molecular formula is C15H26N2. The Labute approximate surface area is 105 Å². The van der Waals surface area contributed by atoms with E-state index in [1.807, 2.05) is 0 Å². The van der Waals surface area contributed by atoms with Gasteiger partial charge in [-0.3, -0.25) is 0 Å². The van der Waals surface area contributed by atoms with Crippen molar-refractivity contribution in [3.63, 3.8) is 0 Å². The topological polar surface area (TPSA) is 52.0 Å². The molecule has 0 spiro atoms. The van der Waals surface area contributed by atoms with Crippen molar-refractivity contribution in [3.05, 3.63) is 35.4 Å². The van der Waals surface area contributed by atoms with E-state index >= 15 is 0 Å². The Hall–Kier alpha value is -0.860. The summed E-state index contributed by atoms with van der Waals surface area (Å²) in [7, 11) is 0. The van der Waals surface area contributed by atoms with Crippen LogP contribution in [0, 0.1) is 5.41 Å². The molecule has 0 aliphatic carbocycles. The minimum absolute atomic E-state index is 0.0872. The number of aryl methyl sites for hydroxylation is 1. The van der Waals surface area contributed by atoms with Crippen molar-refractivity contribution >= 4 is 0 Å². The summed E-state index contributed by atoms with van der Waals surface area (Å²) < 4.78 is 0. The molecule has 1 aromatic carbocycles. The first kappa shape index (κ1) is 14.2. The molecule has 0 radical (unpaired) electrons. The van der Waals surface area contributed by atoms with Crippen molar-refractivity contribution in [3.8, 4) is 0 Å². The van der Waals surface area contributed by atoms with E-state index in [-0.39, 0.29) is 11.5 Å². The van der Waals surface area contributed by atoms with Crippen LogP contribution in [0.1, 0.15) is 50.8 Å². The molecule has 1 rings (SSSR count). The van der Waals surface area contributed by atoms with Crippen molar-refractivity contribution < 1.29 is 0 Å². The Kier molecular flexibility index (Phi) is 5.16. The van der Waals surface area contributed by atoms with Crippen LogP contribution < -0.4 is 11.5 Å². The molecule has 0 bridgehead atoms. The van der Waals surface area contributed by atoms with Crippen molar-refractivity contribution in [1.29, 1.82) is 0 Å². The lowest BCUT2D eigenvalue weighted by Crippen LogP contribution is -2.28. The van der Waals surface area contributed by atoms with E-state index in [2.05, 4.69) is 45.0 Å². The van der Waals surface area contributed by atoms with E-state index in [0.717, 1.165) is 12.8 Å². The molecule has 0 amide bonds. The maximum atomic E-state index is 6.23. The van der Waals surface area contributed by atoms with E-state index in [9.17, 15) is 0 Å². The highest BCUT2D eigenvalue weighted by Crippen LogP contribution is 2.27. The fraction of sp³-hybridized carbons (Fsp3) is 0.600. The molecule has 0 aliphatic heterocycles. The Bertz CT molecular complexity index is 327. The maximum absolute atomic E-state index is 6.23. The van der Waals surface area contributed by atoms with Gasteiger partial charge in [0.2, 0.25) is 0 Å². The van der Waals surface area contributed by atoms with Crippen LogP contribution in [0.5, 0.6) is 0 Å². The Morgan fingerprint density at radius 3 is 2.24 bits per heavy atom. The van der Waals surface area contributed by atoms with Crippen molar-refractivity contribution in [2.45, 2.75) is 46.1 Å². The molecule has 0 saturated carbocycles. The van der Waals surface area contributed by atoms with E-state index < -0.39 is 0 Å². The predicted octanol–water partition coefficient (Wildman–Crippen LogP) is 3.01. The second-order valence-electron chi connectivity index (χ2n) is 5.67. The van der Waals surface area contributed by atoms with Gasteiger partial charge in [-0.25, -0.2) is 0 Å². The molecule has 2 nitrogen and oxygen atoms in total. The molecule has 0 fully saturated rings. The van der Waals surface area contributed by atoms with E-state index in [4.69, 9.17) is 11.5 Å². The van der Waals surface area contributed by atoms with Crippen LogP contribution in [0.4, 0.5) is 0 Å². The van der Waals surface area contributed by atoms with Gasteiger partial charge in [0.1, 0.15) is 0 Å². The third-order valence-electron chi connectivity index (χ3n) is 3.27. The van der Waals surface area contributed by atoms with E-state index in [1.54, 1.807) is 0 Å². The maximum Gasteiger partial charge on any atom is 0.0300 e. The van der Waals surface area contributed by atoms with E-state index in [0.29, 0.717) is 6.54 Å². The first-order chi connectivity index (χ1) is 7.98. The number of hydrogen-bond donors (Lipinski definition) is 2. The zero-order valence-electron chi connectivity index (χ0n) is 11.4. The SMILES string of the molecule is CCCc1ccc(C(N)CC(C)(C)CN)cc1. The number of nitrogens with two attached hydrogens (primary N) is 2. The standard InChI is InChI=1S/C15H26N2/c1-4-5-12-6-8-13(9-7-12)14(17)10-15(2,3)11-16/h6-9,14H,4-5,10-11,16-17H2,1-3H3. The lowest BCUT2D eigenvalue weighted by molar-refractivity contribution is 0.317. The summed E-state index contributed by atoms with van der Waals surface area (Å²) in [6, 6.07) is 8.77. The van der Waals surface area contributed by atoms with Crippen LogP contribution in [-0.2, 0) is 6.42 Å². The third-order valence-corrected chi connectivity index (χ3v) is 3.27. The number of benzene rings is 1. The first-order valence-corrected chi connectivity index (χ1v) is 6.53. The fourth-order valence-electron chi connectivity index (χ4n) is 2.02. The van der Waals surface area contributed by atoms with Gasteiger partial charge < -0.3 is 11.5 Å². The third kappa shape index (κ3) is 4.49. The van der Waals surface area contributed by atoms with Gasteiger partial charge >= 0.3 is 0 Å². The van der Waals surface area contributed by atoms with Gasteiger partial charge in [-0.15, -0.1) is 0 Å². The zero-order valence-corrected chi connectivity index (χ0v) is 11.4. The predicted molar refractivity (Wildman–Crippen MR) is 74.8 cm³/mol. The molecule has 1 atom stereocenters. The molecule has 17 heavy (non-hydrogen) atoms. The minimum Gasteiger partial charge on any atom is -0.330 e. The highest BCUT2D eigenvalue weighted by atomic mass is 14.7. The van der Waals surface area contributed by atoms with Gasteiger partial charge in [0.15, 0.2) is 0 Å². The number of rotatable bonds is 6. The Balaban J connectivity index is 2.66. The fourth-order valence-corrected chi connectivity index (χ4v) is 2.02. The summed E-state index contributed by atoms with van der Waals surface area (Å²) >= 11 is 0. The average molecular weight is 234 g/mol. The molecule has 1 unspecified atom stereocenters. The van der Waals surface area contributed by atoms with Crippen molar-refractivity contribution in [1.82, 2.24) is 0 Å². The summed E-state index contributed by atoms with van der Waals surface area (Å²) in [5.41, 5.74) is 14.7. The van der Waals surface area contributed by atoms with Gasteiger partial charge in [-0.1, -0.05) is 51.5 Å². The Morgan fingerprint density at radius 1 is 1.18 bits per heavy atom. The van der Waals surface area contributed by atoms with Gasteiger partial charge in [-0.2, -0.15) is 0 Å². The first-order valence-electron chi connectivity index (χ1n) is 6.53. The normalized spacial score (nSPS) is 13.7. The van der Waals surface area contributed by atoms with Crippen LogP contribution in [0.15, 0.2) is 24.3 Å². The highest BCUT2D eigenvalue weighted by Gasteiger charge is 2.20. The van der Waals surface area contributed by atoms with Gasteiger partial charge in [-0.05, 0) is 35.9 Å². The van der Waals surface area contributed by atoms with Gasteiger partial charge in [0.05, 0.1) is 0 Å². The summed E-state index contributed by atoms with van der Waals surface area (Å²) in [6.07, 6.45) is 3.26. The smallest absolute Gasteiger partial charge is 0.0300 e. The van der Waals surface area contributed by atoms with Crippen molar-refractivity contribution in [2.24, 2.45) is 16.9 Å². The zero-order chi connectivity index (χ0) is 12.9. The summed E-state index contributed by atoms with van der Waals surface area (Å²) in [6.45, 7) is 7.20. The molecular weight excluding hydrogens is 208 g/mol. The van der Waals surface area contributed by atoms with Crippen molar-refractivity contribution in [2.75, 3.05) is 6.54 Å². The number of hydrogen-bond acceptors (Lipinski definition) is 2. The van der Waals surface area contributed by atoms with Crippen LogP contribution in [-0.4, -0.2) is 6.54 Å². The molecule has 1 aromatic rings. The quantitative estimate of drug-likeness (QED) is 0.795. The average Bonchev–Trinajstić information content (AvgIpc) is 2.30. The van der Waals surface area contributed by atoms with Crippen LogP contribution >= 0.6 is 0 Å². The lowest BCUT2D eigenvalue weighted by Gasteiger charge is -2.26. The van der Waals surface area contributed by atoms with E-state index in [1.165, 1.54) is 17.5 Å². The summed E-state index contributed by atoms with van der Waals surface area (Å²) in [5.74, 6) is 0. The molecule has 96 valence electrons. The molecule has 0 aliphatic rings. The second kappa shape index (κ2) is 6.18. The van der Waals surface area contributed by atoms with Crippen LogP contribution in [0.2, 0.25) is 0 Å². The van der Waals surface area contributed by atoms with Crippen LogP contribution in [0.3, 0.4) is 0 Å². The lowest BCUT2D eigenvalue weighted by atomic mass is 9.84. The van der Waals surface area contributed by atoms with Crippen LogP contribution in [0.25, 0.3) is 0 Å². The summed E-state index contributed by atoms with van der Waals surface area (Å²) in [4.78, 5) is 0. The summed E-state index contributed by atoms with van der Waals surface area (Å²) in [5, 5.41) is 0. The highest BCUT2D eigenvalue weighted by molar-refractivity contribution is 5.25. The van der Waals surface area contributed by atoms with Gasteiger partial charge in [0.25, 0.3) is 0 Å². The minimum atomic E-state index is 0.0872. The molecule has 0 heterocycles. The molecule has 4 N–H and O–H groups in total. The van der Waals surface area contributed by atoms with Gasteiger partial charge in [0, 0.05) is 6.04 Å². The molecule has 0 saturated heterocycles.